The van der Waals surface area contributed by atoms with E-state index in [0.717, 1.165) is 19.4 Å². The van der Waals surface area contributed by atoms with Crippen LogP contribution in [-0.4, -0.2) is 19.5 Å². The zero-order valence-corrected chi connectivity index (χ0v) is 13.1. The Morgan fingerprint density at radius 3 is 2.22 bits per heavy atom. The maximum absolute atomic E-state index is 5.78. The van der Waals surface area contributed by atoms with E-state index in [1.54, 1.807) is 0 Å². The van der Waals surface area contributed by atoms with E-state index in [1.165, 1.54) is 12.8 Å². The maximum atomic E-state index is 5.78. The third-order valence-electron chi connectivity index (χ3n) is 2.93. The van der Waals surface area contributed by atoms with Gasteiger partial charge in [0.1, 0.15) is 0 Å². The summed E-state index contributed by atoms with van der Waals surface area (Å²) in [5.41, 5.74) is -0.0678. The summed E-state index contributed by atoms with van der Waals surface area (Å²) in [7, 11) is 0. The van der Waals surface area contributed by atoms with Crippen LogP contribution < -0.4 is 0 Å². The van der Waals surface area contributed by atoms with E-state index in [2.05, 4.69) is 41.5 Å². The van der Waals surface area contributed by atoms with Gasteiger partial charge in [-0.05, 0) is 12.3 Å². The largest absolute Gasteiger partial charge is 0.349 e. The third kappa shape index (κ3) is 8.90. The molecule has 3 heteroatoms. The van der Waals surface area contributed by atoms with Crippen LogP contribution in [0.15, 0.2) is 0 Å². The zero-order valence-electron chi connectivity index (χ0n) is 13.1. The molecule has 0 saturated heterocycles. The molecule has 0 aliphatic carbocycles. The second-order valence-corrected chi connectivity index (χ2v) is 6.17. The topological polar surface area (TPSA) is 27.7 Å². The van der Waals surface area contributed by atoms with Crippen molar-refractivity contribution in [2.24, 2.45) is 11.3 Å². The second-order valence-electron chi connectivity index (χ2n) is 6.17. The van der Waals surface area contributed by atoms with Crippen molar-refractivity contribution >= 4 is 0 Å². The first kappa shape index (κ1) is 17.9. The Bertz CT molecular complexity index is 187. The van der Waals surface area contributed by atoms with E-state index in [4.69, 9.17) is 14.5 Å². The fourth-order valence-electron chi connectivity index (χ4n) is 1.30. The minimum atomic E-state index is -0.293. The molecule has 18 heavy (non-hydrogen) atoms. The molecule has 0 saturated carbocycles. The van der Waals surface area contributed by atoms with Gasteiger partial charge in [0.15, 0.2) is 6.29 Å². The standard InChI is InChI=1S/C15H32O3/c1-7-9-10-11-16-14(15(4,5)6)18-17-12-13(3)8-2/h13-14H,7-12H2,1-6H3. The van der Waals surface area contributed by atoms with Crippen molar-refractivity contribution in [1.29, 1.82) is 0 Å². The molecule has 0 aliphatic rings. The van der Waals surface area contributed by atoms with Crippen molar-refractivity contribution in [2.75, 3.05) is 13.2 Å². The molecule has 3 nitrogen and oxygen atoms in total. The molecule has 0 aromatic carbocycles. The van der Waals surface area contributed by atoms with E-state index in [-0.39, 0.29) is 11.7 Å². The average molecular weight is 260 g/mol. The Balaban J connectivity index is 3.93. The molecule has 0 heterocycles. The lowest BCUT2D eigenvalue weighted by Crippen LogP contribution is -2.33. The smallest absolute Gasteiger partial charge is 0.196 e. The molecule has 0 fully saturated rings. The van der Waals surface area contributed by atoms with Gasteiger partial charge >= 0.3 is 0 Å². The molecule has 0 amide bonds. The van der Waals surface area contributed by atoms with Gasteiger partial charge in [0.25, 0.3) is 0 Å². The Morgan fingerprint density at radius 2 is 1.72 bits per heavy atom. The summed E-state index contributed by atoms with van der Waals surface area (Å²) in [6, 6.07) is 0. The normalized spacial score (nSPS) is 15.7. The fourth-order valence-corrected chi connectivity index (χ4v) is 1.30. The van der Waals surface area contributed by atoms with Gasteiger partial charge in [0.05, 0.1) is 6.61 Å². The highest BCUT2D eigenvalue weighted by molar-refractivity contribution is 4.65. The first-order chi connectivity index (χ1) is 8.41. The van der Waals surface area contributed by atoms with Crippen LogP contribution in [-0.2, 0) is 14.5 Å². The van der Waals surface area contributed by atoms with Crippen molar-refractivity contribution in [3.8, 4) is 0 Å². The highest BCUT2D eigenvalue weighted by Gasteiger charge is 2.27. The van der Waals surface area contributed by atoms with E-state index in [1.807, 2.05) is 0 Å². The molecule has 0 radical (unpaired) electrons. The molecule has 0 aromatic heterocycles. The number of hydrogen-bond acceptors (Lipinski definition) is 3. The Labute approximate surface area is 113 Å². The van der Waals surface area contributed by atoms with Crippen LogP contribution in [0.4, 0.5) is 0 Å². The number of hydrogen-bond donors (Lipinski definition) is 0. The summed E-state index contributed by atoms with van der Waals surface area (Å²) in [6.07, 6.45) is 4.29. The zero-order chi connectivity index (χ0) is 14.0. The molecule has 0 aliphatic heterocycles. The first-order valence-corrected chi connectivity index (χ1v) is 7.31. The van der Waals surface area contributed by atoms with Gasteiger partial charge < -0.3 is 4.74 Å². The summed E-state index contributed by atoms with van der Waals surface area (Å²) >= 11 is 0. The second kappa shape index (κ2) is 9.76. The van der Waals surface area contributed by atoms with Crippen molar-refractivity contribution in [3.05, 3.63) is 0 Å². The minimum absolute atomic E-state index is 0.0678. The van der Waals surface area contributed by atoms with Crippen molar-refractivity contribution < 1.29 is 14.5 Å². The number of ether oxygens (including phenoxy) is 1. The summed E-state index contributed by atoms with van der Waals surface area (Å²) in [6.45, 7) is 14.2. The van der Waals surface area contributed by atoms with E-state index in [9.17, 15) is 0 Å². The van der Waals surface area contributed by atoms with E-state index < -0.39 is 0 Å². The minimum Gasteiger partial charge on any atom is -0.349 e. The molecular weight excluding hydrogens is 228 g/mol. The number of unbranched alkanes of at least 4 members (excludes halogenated alkanes) is 2. The summed E-state index contributed by atoms with van der Waals surface area (Å²) in [5, 5.41) is 0. The van der Waals surface area contributed by atoms with Gasteiger partial charge in [-0.25, -0.2) is 9.78 Å². The van der Waals surface area contributed by atoms with Gasteiger partial charge in [0, 0.05) is 12.0 Å². The fraction of sp³-hybridized carbons (Fsp3) is 1.00. The molecule has 2 atom stereocenters. The summed E-state index contributed by atoms with van der Waals surface area (Å²) in [5.74, 6) is 0.519. The van der Waals surface area contributed by atoms with Crippen LogP contribution >= 0.6 is 0 Å². The van der Waals surface area contributed by atoms with E-state index in [0.29, 0.717) is 12.5 Å². The average Bonchev–Trinajstić information content (AvgIpc) is 2.30. The van der Waals surface area contributed by atoms with Crippen LogP contribution in [0.2, 0.25) is 0 Å². The highest BCUT2D eigenvalue weighted by atomic mass is 17.2. The molecule has 0 rings (SSSR count). The van der Waals surface area contributed by atoms with Crippen LogP contribution in [0.25, 0.3) is 0 Å². The van der Waals surface area contributed by atoms with Crippen LogP contribution in [0.3, 0.4) is 0 Å². The van der Waals surface area contributed by atoms with Gasteiger partial charge in [-0.2, -0.15) is 0 Å². The quantitative estimate of drug-likeness (QED) is 0.249. The Morgan fingerprint density at radius 1 is 1.06 bits per heavy atom. The van der Waals surface area contributed by atoms with Gasteiger partial charge in [-0.15, -0.1) is 0 Å². The highest BCUT2D eigenvalue weighted by Crippen LogP contribution is 2.24. The molecule has 0 bridgehead atoms. The third-order valence-corrected chi connectivity index (χ3v) is 2.93. The van der Waals surface area contributed by atoms with Crippen LogP contribution in [0.5, 0.6) is 0 Å². The molecule has 2 unspecified atom stereocenters. The van der Waals surface area contributed by atoms with Gasteiger partial charge in [-0.1, -0.05) is 60.8 Å². The van der Waals surface area contributed by atoms with E-state index >= 15 is 0 Å². The number of rotatable bonds is 10. The Kier molecular flexibility index (Phi) is 9.70. The van der Waals surface area contributed by atoms with Gasteiger partial charge in [-0.3, -0.25) is 0 Å². The first-order valence-electron chi connectivity index (χ1n) is 7.31. The predicted molar refractivity (Wildman–Crippen MR) is 75.2 cm³/mol. The summed E-state index contributed by atoms with van der Waals surface area (Å²) < 4.78 is 5.78. The lowest BCUT2D eigenvalue weighted by atomic mass is 9.96. The molecule has 110 valence electrons. The van der Waals surface area contributed by atoms with Crippen molar-refractivity contribution in [1.82, 2.24) is 0 Å². The lowest BCUT2D eigenvalue weighted by molar-refractivity contribution is -0.402. The molecule has 0 spiro atoms. The molecule has 0 N–H and O–H groups in total. The molecule has 0 aromatic rings. The Hall–Kier alpha value is -0.120. The van der Waals surface area contributed by atoms with Crippen LogP contribution in [0, 0.1) is 11.3 Å². The molecular formula is C15H32O3. The van der Waals surface area contributed by atoms with Crippen molar-refractivity contribution in [3.63, 3.8) is 0 Å². The van der Waals surface area contributed by atoms with Gasteiger partial charge in [0.2, 0.25) is 0 Å². The lowest BCUT2D eigenvalue weighted by Gasteiger charge is -2.29. The monoisotopic (exact) mass is 260 g/mol. The predicted octanol–water partition coefficient (Wildman–Crippen LogP) is 4.56. The van der Waals surface area contributed by atoms with Crippen LogP contribution in [0.1, 0.15) is 67.2 Å². The maximum Gasteiger partial charge on any atom is 0.196 e. The van der Waals surface area contributed by atoms with Crippen molar-refractivity contribution in [2.45, 2.75) is 73.5 Å². The SMILES string of the molecule is CCCCCOC(OOCC(C)CC)C(C)(C)C. The summed E-state index contributed by atoms with van der Waals surface area (Å²) in [4.78, 5) is 10.7.